The SMILES string of the molecule is CC1(C)c2ccccc2-c2cc(-c3ccc(N(c4ccc(-c5ccc6c(c5)c5ccccc5n6-c5ccccc5)cc4)c4cccc5c6cccc7c8ccccc8n(c45)c76)cc3)ccc21. The highest BCUT2D eigenvalue weighted by atomic mass is 15.2. The van der Waals surface area contributed by atoms with Crippen molar-refractivity contribution in [2.75, 3.05) is 4.90 Å². The van der Waals surface area contributed by atoms with Gasteiger partial charge in [-0.25, -0.2) is 0 Å². The number of benzene rings is 10. The fraction of sp³-hybridized carbons (Fsp3) is 0.0476. The third kappa shape index (κ3) is 5.20. The van der Waals surface area contributed by atoms with E-state index in [2.05, 4.69) is 252 Å². The Labute approximate surface area is 383 Å². The van der Waals surface area contributed by atoms with Crippen LogP contribution in [0.3, 0.4) is 0 Å². The Hall–Kier alpha value is -8.40. The standard InChI is InChI=1S/C63H43N3/c1-63(2)55-22-9-6-16-47(55)53-38-42(30-36-56(53)63)40-26-32-45(33-27-40)64(60-25-13-21-52-51-20-12-19-50-48-17-7-11-24-58(48)66(61(50)51)62(52)60)46-34-28-41(29-35-46)43-31-37-59-54(39-43)49-18-8-10-23-57(49)65(59)44-14-4-3-5-15-44/h3-39H,1-2H3. The van der Waals surface area contributed by atoms with Crippen molar-refractivity contribution in [3.63, 3.8) is 0 Å². The number of aromatic nitrogens is 2. The molecule has 0 radical (unpaired) electrons. The second kappa shape index (κ2) is 13.8. The number of fused-ring (bicyclic) bond motifs is 12. The van der Waals surface area contributed by atoms with Gasteiger partial charge in [0.15, 0.2) is 0 Å². The molecule has 0 N–H and O–H groups in total. The van der Waals surface area contributed by atoms with Gasteiger partial charge in [-0.15, -0.1) is 0 Å². The molecule has 13 aromatic rings. The predicted octanol–water partition coefficient (Wildman–Crippen LogP) is 17.0. The van der Waals surface area contributed by atoms with Crippen molar-refractivity contribution in [3.05, 3.63) is 236 Å². The second-order valence-electron chi connectivity index (χ2n) is 18.5. The number of anilines is 3. The summed E-state index contributed by atoms with van der Waals surface area (Å²) in [6, 6.07) is 83.1. The first-order valence-corrected chi connectivity index (χ1v) is 23.0. The topological polar surface area (TPSA) is 12.6 Å². The van der Waals surface area contributed by atoms with Gasteiger partial charge in [0.05, 0.1) is 33.3 Å². The molecule has 0 saturated carbocycles. The van der Waals surface area contributed by atoms with Crippen LogP contribution < -0.4 is 4.90 Å². The molecule has 3 aromatic heterocycles. The van der Waals surface area contributed by atoms with E-state index in [4.69, 9.17) is 0 Å². The third-order valence-electron chi connectivity index (χ3n) is 14.7. The van der Waals surface area contributed by atoms with Crippen LogP contribution in [0.1, 0.15) is 25.0 Å². The molecule has 1 aliphatic rings. The van der Waals surface area contributed by atoms with Crippen LogP contribution in [0, 0.1) is 0 Å². The Bertz CT molecular complexity index is 4060. The molecule has 0 unspecified atom stereocenters. The third-order valence-corrected chi connectivity index (χ3v) is 14.7. The van der Waals surface area contributed by atoms with E-state index < -0.39 is 0 Å². The number of hydrogen-bond donors (Lipinski definition) is 0. The summed E-state index contributed by atoms with van der Waals surface area (Å²) in [5.41, 5.74) is 20.9. The molecule has 0 saturated heterocycles. The molecule has 310 valence electrons. The van der Waals surface area contributed by atoms with Crippen LogP contribution in [-0.4, -0.2) is 8.97 Å². The predicted molar refractivity (Wildman–Crippen MR) is 279 cm³/mol. The smallest absolute Gasteiger partial charge is 0.0782 e. The van der Waals surface area contributed by atoms with Gasteiger partial charge < -0.3 is 13.9 Å². The monoisotopic (exact) mass is 841 g/mol. The summed E-state index contributed by atoms with van der Waals surface area (Å²) in [7, 11) is 0. The Kier molecular flexibility index (Phi) is 7.74. The van der Waals surface area contributed by atoms with E-state index in [0.29, 0.717) is 0 Å². The van der Waals surface area contributed by atoms with E-state index in [0.717, 1.165) is 17.1 Å². The lowest BCUT2D eigenvalue weighted by atomic mass is 9.82. The first kappa shape index (κ1) is 37.0. The zero-order chi connectivity index (χ0) is 43.7. The summed E-state index contributed by atoms with van der Waals surface area (Å²) in [5, 5.41) is 7.59. The van der Waals surface area contributed by atoms with Crippen molar-refractivity contribution in [1.29, 1.82) is 0 Å². The fourth-order valence-corrected chi connectivity index (χ4v) is 11.6. The highest BCUT2D eigenvalue weighted by Crippen LogP contribution is 2.50. The van der Waals surface area contributed by atoms with E-state index >= 15 is 0 Å². The van der Waals surface area contributed by atoms with Gasteiger partial charge in [0.2, 0.25) is 0 Å². The van der Waals surface area contributed by atoms with Gasteiger partial charge in [-0.3, -0.25) is 0 Å². The molecular formula is C63H43N3. The summed E-state index contributed by atoms with van der Waals surface area (Å²) >= 11 is 0. The first-order chi connectivity index (χ1) is 32.5. The minimum Gasteiger partial charge on any atom is -0.309 e. The Morgan fingerprint density at radius 1 is 0.348 bits per heavy atom. The molecule has 14 rings (SSSR count). The van der Waals surface area contributed by atoms with Crippen molar-refractivity contribution in [2.45, 2.75) is 19.3 Å². The lowest BCUT2D eigenvalue weighted by Gasteiger charge is -2.27. The summed E-state index contributed by atoms with van der Waals surface area (Å²) < 4.78 is 4.88. The van der Waals surface area contributed by atoms with E-state index in [1.807, 2.05) is 0 Å². The van der Waals surface area contributed by atoms with Crippen molar-refractivity contribution < 1.29 is 0 Å². The second-order valence-corrected chi connectivity index (χ2v) is 18.5. The lowest BCUT2D eigenvalue weighted by molar-refractivity contribution is 0.660. The summed E-state index contributed by atoms with van der Waals surface area (Å²) in [6.45, 7) is 4.69. The zero-order valence-electron chi connectivity index (χ0n) is 36.7. The van der Waals surface area contributed by atoms with E-state index in [1.54, 1.807) is 0 Å². The minimum atomic E-state index is -0.0217. The van der Waals surface area contributed by atoms with E-state index in [1.165, 1.54) is 110 Å². The van der Waals surface area contributed by atoms with Crippen LogP contribution in [0.5, 0.6) is 0 Å². The molecule has 1 aliphatic carbocycles. The van der Waals surface area contributed by atoms with Crippen molar-refractivity contribution in [2.24, 2.45) is 0 Å². The highest BCUT2D eigenvalue weighted by Gasteiger charge is 2.35. The Morgan fingerprint density at radius 3 is 1.61 bits per heavy atom. The summed E-state index contributed by atoms with van der Waals surface area (Å²) in [4.78, 5) is 2.46. The van der Waals surface area contributed by atoms with Crippen molar-refractivity contribution >= 4 is 77.0 Å². The van der Waals surface area contributed by atoms with Gasteiger partial charge in [-0.2, -0.15) is 0 Å². The van der Waals surface area contributed by atoms with Gasteiger partial charge in [0, 0.05) is 54.8 Å². The fourth-order valence-electron chi connectivity index (χ4n) is 11.6. The maximum atomic E-state index is 2.51. The van der Waals surface area contributed by atoms with Crippen molar-refractivity contribution in [3.8, 4) is 39.1 Å². The number of hydrogen-bond acceptors (Lipinski definition) is 1. The zero-order valence-corrected chi connectivity index (χ0v) is 36.7. The van der Waals surface area contributed by atoms with Crippen LogP contribution in [-0.2, 0) is 5.41 Å². The lowest BCUT2D eigenvalue weighted by Crippen LogP contribution is -2.14. The van der Waals surface area contributed by atoms with Gasteiger partial charge in [-0.1, -0.05) is 166 Å². The van der Waals surface area contributed by atoms with E-state index in [-0.39, 0.29) is 5.41 Å². The maximum Gasteiger partial charge on any atom is 0.0782 e. The van der Waals surface area contributed by atoms with E-state index in [9.17, 15) is 0 Å². The molecule has 10 aromatic carbocycles. The maximum absolute atomic E-state index is 2.51. The minimum absolute atomic E-state index is 0.0217. The summed E-state index contributed by atoms with van der Waals surface area (Å²) in [6.07, 6.45) is 0. The van der Waals surface area contributed by atoms with Gasteiger partial charge in [0.25, 0.3) is 0 Å². The average Bonchev–Trinajstić information content (AvgIpc) is 4.08. The molecule has 0 atom stereocenters. The molecular weight excluding hydrogens is 799 g/mol. The number of rotatable bonds is 6. The molecule has 0 bridgehead atoms. The van der Waals surface area contributed by atoms with Crippen molar-refractivity contribution in [1.82, 2.24) is 8.97 Å². The molecule has 3 nitrogen and oxygen atoms in total. The normalized spacial score (nSPS) is 13.1. The quantitative estimate of drug-likeness (QED) is 0.162. The molecule has 0 fully saturated rings. The van der Waals surface area contributed by atoms with Crippen LogP contribution in [0.2, 0.25) is 0 Å². The number of nitrogens with zero attached hydrogens (tertiary/aromatic N) is 3. The molecule has 0 spiro atoms. The van der Waals surface area contributed by atoms with Gasteiger partial charge in [-0.05, 0) is 117 Å². The van der Waals surface area contributed by atoms with Crippen LogP contribution >= 0.6 is 0 Å². The average molecular weight is 842 g/mol. The van der Waals surface area contributed by atoms with Crippen LogP contribution in [0.25, 0.3) is 99.0 Å². The molecule has 0 aliphatic heterocycles. The molecule has 3 heterocycles. The molecule has 66 heavy (non-hydrogen) atoms. The molecule has 3 heteroatoms. The summed E-state index contributed by atoms with van der Waals surface area (Å²) in [5.74, 6) is 0. The molecule has 0 amide bonds. The van der Waals surface area contributed by atoms with Gasteiger partial charge >= 0.3 is 0 Å². The van der Waals surface area contributed by atoms with Crippen LogP contribution in [0.4, 0.5) is 17.1 Å². The van der Waals surface area contributed by atoms with Gasteiger partial charge in [0.1, 0.15) is 0 Å². The largest absolute Gasteiger partial charge is 0.309 e. The number of para-hydroxylation sites is 5. The Balaban J connectivity index is 0.925. The highest BCUT2D eigenvalue weighted by molar-refractivity contribution is 6.25. The Morgan fingerprint density at radius 2 is 0.864 bits per heavy atom. The van der Waals surface area contributed by atoms with Crippen LogP contribution in [0.15, 0.2) is 224 Å². The first-order valence-electron chi connectivity index (χ1n) is 23.0.